The monoisotopic (exact) mass is 306 g/mol. The quantitative estimate of drug-likeness (QED) is 0.851. The van der Waals surface area contributed by atoms with Crippen molar-refractivity contribution in [3.8, 4) is 0 Å². The Morgan fingerprint density at radius 1 is 1.33 bits per heavy atom. The lowest BCUT2D eigenvalue weighted by Gasteiger charge is -2.08. The molecule has 0 fully saturated rings. The molecule has 0 saturated carbocycles. The largest absolute Gasteiger partial charge is 0.322 e. The number of nitrogens with one attached hydrogen (secondary N) is 1. The van der Waals surface area contributed by atoms with Crippen molar-refractivity contribution in [2.75, 3.05) is 5.32 Å². The van der Waals surface area contributed by atoms with Crippen molar-refractivity contribution in [2.45, 2.75) is 26.7 Å². The van der Waals surface area contributed by atoms with Crippen LogP contribution < -0.4 is 5.32 Å². The van der Waals surface area contributed by atoms with Gasteiger partial charge in [0.2, 0.25) is 0 Å². The molecule has 110 valence electrons. The van der Waals surface area contributed by atoms with E-state index in [2.05, 4.69) is 10.3 Å². The van der Waals surface area contributed by atoms with Crippen LogP contribution in [0.2, 0.25) is 5.15 Å². The molecule has 0 saturated heterocycles. The Hall–Kier alpha value is -1.94. The molecule has 0 atom stereocenters. The predicted molar refractivity (Wildman–Crippen MR) is 82.3 cm³/mol. The van der Waals surface area contributed by atoms with Crippen LogP contribution in [0, 0.1) is 12.7 Å². The van der Waals surface area contributed by atoms with Crippen LogP contribution in [-0.2, 0) is 6.42 Å². The number of carbonyl (C=O) groups is 1. The standard InChI is InChI=1S/C16H16ClFN2O/c1-3-4-12-8-11(9-15(17)19-12)16(21)20-13-5-6-14(18)10(2)7-13/h5-9H,3-4H2,1-2H3,(H,20,21). The van der Waals surface area contributed by atoms with Crippen molar-refractivity contribution in [3.63, 3.8) is 0 Å². The Morgan fingerprint density at radius 3 is 2.76 bits per heavy atom. The molecular weight excluding hydrogens is 291 g/mol. The number of rotatable bonds is 4. The second-order valence-electron chi connectivity index (χ2n) is 4.84. The van der Waals surface area contributed by atoms with E-state index in [-0.39, 0.29) is 11.7 Å². The molecule has 5 heteroatoms. The van der Waals surface area contributed by atoms with Crippen molar-refractivity contribution in [1.29, 1.82) is 0 Å². The van der Waals surface area contributed by atoms with Gasteiger partial charge < -0.3 is 5.32 Å². The van der Waals surface area contributed by atoms with Crippen molar-refractivity contribution in [2.24, 2.45) is 0 Å². The Balaban J connectivity index is 2.21. The van der Waals surface area contributed by atoms with Gasteiger partial charge >= 0.3 is 0 Å². The number of aromatic nitrogens is 1. The number of anilines is 1. The summed E-state index contributed by atoms with van der Waals surface area (Å²) in [6.07, 6.45) is 1.68. The molecule has 1 heterocycles. The van der Waals surface area contributed by atoms with Gasteiger partial charge in [0.15, 0.2) is 0 Å². The fraction of sp³-hybridized carbons (Fsp3) is 0.250. The maximum absolute atomic E-state index is 13.2. The van der Waals surface area contributed by atoms with E-state index in [0.29, 0.717) is 22.0 Å². The maximum Gasteiger partial charge on any atom is 0.255 e. The van der Waals surface area contributed by atoms with E-state index in [9.17, 15) is 9.18 Å². The number of amides is 1. The van der Waals surface area contributed by atoms with Gasteiger partial charge in [-0.05, 0) is 49.2 Å². The van der Waals surface area contributed by atoms with Gasteiger partial charge in [-0.15, -0.1) is 0 Å². The Kier molecular flexibility index (Phi) is 4.91. The van der Waals surface area contributed by atoms with Crippen LogP contribution >= 0.6 is 11.6 Å². The van der Waals surface area contributed by atoms with E-state index in [1.807, 2.05) is 6.92 Å². The summed E-state index contributed by atoms with van der Waals surface area (Å²) in [4.78, 5) is 16.4. The van der Waals surface area contributed by atoms with E-state index in [4.69, 9.17) is 11.6 Å². The average Bonchev–Trinajstić information content (AvgIpc) is 2.42. The van der Waals surface area contributed by atoms with Gasteiger partial charge in [-0.3, -0.25) is 4.79 Å². The highest BCUT2D eigenvalue weighted by atomic mass is 35.5. The van der Waals surface area contributed by atoms with E-state index in [1.165, 1.54) is 18.2 Å². The van der Waals surface area contributed by atoms with Crippen LogP contribution in [0.5, 0.6) is 0 Å². The summed E-state index contributed by atoms with van der Waals surface area (Å²) < 4.78 is 13.2. The number of pyridine rings is 1. The molecule has 0 unspecified atom stereocenters. The first-order valence-electron chi connectivity index (χ1n) is 6.73. The summed E-state index contributed by atoms with van der Waals surface area (Å²) in [5.74, 6) is -0.590. The highest BCUT2D eigenvalue weighted by Crippen LogP contribution is 2.17. The van der Waals surface area contributed by atoms with Crippen LogP contribution in [0.3, 0.4) is 0 Å². The molecule has 1 aromatic heterocycles. The van der Waals surface area contributed by atoms with E-state index < -0.39 is 0 Å². The molecule has 2 aromatic rings. The summed E-state index contributed by atoms with van der Waals surface area (Å²) in [5, 5.41) is 3.02. The fourth-order valence-corrected chi connectivity index (χ4v) is 2.22. The number of hydrogen-bond acceptors (Lipinski definition) is 2. The Morgan fingerprint density at radius 2 is 2.10 bits per heavy atom. The van der Waals surface area contributed by atoms with Gasteiger partial charge in [-0.2, -0.15) is 0 Å². The molecule has 3 nitrogen and oxygen atoms in total. The summed E-state index contributed by atoms with van der Waals surface area (Å²) in [7, 11) is 0. The minimum atomic E-state index is -0.301. The average molecular weight is 307 g/mol. The molecule has 1 N–H and O–H groups in total. The van der Waals surface area contributed by atoms with Gasteiger partial charge in [-0.1, -0.05) is 24.9 Å². The van der Waals surface area contributed by atoms with Crippen molar-refractivity contribution in [1.82, 2.24) is 4.98 Å². The number of aryl methyl sites for hydroxylation is 2. The zero-order chi connectivity index (χ0) is 15.4. The lowest BCUT2D eigenvalue weighted by molar-refractivity contribution is 0.102. The highest BCUT2D eigenvalue weighted by Gasteiger charge is 2.10. The number of halogens is 2. The number of benzene rings is 1. The van der Waals surface area contributed by atoms with Crippen LogP contribution in [0.25, 0.3) is 0 Å². The van der Waals surface area contributed by atoms with E-state index >= 15 is 0 Å². The molecule has 0 aliphatic rings. The van der Waals surface area contributed by atoms with Crippen LogP contribution in [0.15, 0.2) is 30.3 Å². The molecule has 0 bridgehead atoms. The highest BCUT2D eigenvalue weighted by molar-refractivity contribution is 6.29. The Labute approximate surface area is 128 Å². The summed E-state index contributed by atoms with van der Waals surface area (Å²) >= 11 is 5.94. The summed E-state index contributed by atoms with van der Waals surface area (Å²) in [5.41, 5.74) is 2.25. The van der Waals surface area contributed by atoms with Crippen LogP contribution in [0.4, 0.5) is 10.1 Å². The number of hydrogen-bond donors (Lipinski definition) is 1. The Bertz CT molecular complexity index is 673. The molecule has 0 aliphatic carbocycles. The smallest absolute Gasteiger partial charge is 0.255 e. The molecule has 0 spiro atoms. The van der Waals surface area contributed by atoms with Gasteiger partial charge in [0.05, 0.1) is 0 Å². The van der Waals surface area contributed by atoms with Gasteiger partial charge in [0.1, 0.15) is 11.0 Å². The van der Waals surface area contributed by atoms with Crippen molar-refractivity contribution < 1.29 is 9.18 Å². The minimum Gasteiger partial charge on any atom is -0.322 e. The molecule has 1 aromatic carbocycles. The normalized spacial score (nSPS) is 10.5. The molecule has 21 heavy (non-hydrogen) atoms. The first-order valence-corrected chi connectivity index (χ1v) is 7.11. The zero-order valence-electron chi connectivity index (χ0n) is 11.9. The van der Waals surface area contributed by atoms with Gasteiger partial charge in [0, 0.05) is 16.9 Å². The fourth-order valence-electron chi connectivity index (χ4n) is 1.99. The third kappa shape index (κ3) is 4.02. The lowest BCUT2D eigenvalue weighted by atomic mass is 10.1. The summed E-state index contributed by atoms with van der Waals surface area (Å²) in [6.45, 7) is 3.68. The molecule has 2 rings (SSSR count). The lowest BCUT2D eigenvalue weighted by Crippen LogP contribution is -2.13. The number of nitrogens with zero attached hydrogens (tertiary/aromatic N) is 1. The number of carbonyl (C=O) groups excluding carboxylic acids is 1. The first-order chi connectivity index (χ1) is 9.99. The van der Waals surface area contributed by atoms with Crippen molar-refractivity contribution >= 4 is 23.2 Å². The second-order valence-corrected chi connectivity index (χ2v) is 5.23. The predicted octanol–water partition coefficient (Wildman–Crippen LogP) is 4.39. The summed E-state index contributed by atoms with van der Waals surface area (Å²) in [6, 6.07) is 7.68. The molecule has 0 radical (unpaired) electrons. The molecule has 1 amide bonds. The third-order valence-electron chi connectivity index (χ3n) is 3.03. The van der Waals surface area contributed by atoms with Crippen molar-refractivity contribution in [3.05, 3.63) is 58.1 Å². The van der Waals surface area contributed by atoms with Gasteiger partial charge in [0.25, 0.3) is 5.91 Å². The van der Waals surface area contributed by atoms with E-state index in [1.54, 1.807) is 19.1 Å². The van der Waals surface area contributed by atoms with Crippen LogP contribution in [-0.4, -0.2) is 10.9 Å². The molecular formula is C16H16ClFN2O. The minimum absolute atomic E-state index is 0.289. The topological polar surface area (TPSA) is 42.0 Å². The first kappa shape index (κ1) is 15.4. The van der Waals surface area contributed by atoms with Crippen LogP contribution in [0.1, 0.15) is 35.0 Å². The SMILES string of the molecule is CCCc1cc(C(=O)Nc2ccc(F)c(C)c2)cc(Cl)n1. The zero-order valence-corrected chi connectivity index (χ0v) is 12.7. The maximum atomic E-state index is 13.2. The second kappa shape index (κ2) is 6.68. The van der Waals surface area contributed by atoms with Gasteiger partial charge in [-0.25, -0.2) is 9.37 Å². The third-order valence-corrected chi connectivity index (χ3v) is 3.22. The molecule has 0 aliphatic heterocycles. The van der Waals surface area contributed by atoms with E-state index in [0.717, 1.165) is 18.5 Å².